The lowest BCUT2D eigenvalue weighted by atomic mass is 10.2. The Kier molecular flexibility index (Phi) is 5.05. The van der Waals surface area contributed by atoms with Gasteiger partial charge in [-0.05, 0) is 37.8 Å². The third-order valence-electron chi connectivity index (χ3n) is 2.01. The minimum Gasteiger partial charge on any atom is -0.396 e. The molecule has 0 saturated carbocycles. The van der Waals surface area contributed by atoms with Crippen molar-refractivity contribution < 1.29 is 5.11 Å². The molecule has 0 aliphatic rings. The van der Waals surface area contributed by atoms with E-state index in [1.165, 1.54) is 4.88 Å². The van der Waals surface area contributed by atoms with Gasteiger partial charge in [-0.3, -0.25) is 0 Å². The molecule has 0 radical (unpaired) electrons. The number of rotatable bonds is 6. The molecule has 0 aliphatic heterocycles. The van der Waals surface area contributed by atoms with E-state index in [1.807, 2.05) is 0 Å². The van der Waals surface area contributed by atoms with Gasteiger partial charge >= 0.3 is 0 Å². The molecule has 0 spiro atoms. The van der Waals surface area contributed by atoms with Gasteiger partial charge in [-0.2, -0.15) is 0 Å². The zero-order valence-electron chi connectivity index (χ0n) is 7.99. The highest BCUT2D eigenvalue weighted by Crippen LogP contribution is 2.17. The monoisotopic (exact) mass is 199 g/mol. The van der Waals surface area contributed by atoms with Crippen molar-refractivity contribution in [3.63, 3.8) is 0 Å². The Bertz CT molecular complexity index is 211. The summed E-state index contributed by atoms with van der Waals surface area (Å²) in [6.07, 6.45) is 1.94. The van der Waals surface area contributed by atoms with Crippen LogP contribution in [0.2, 0.25) is 0 Å². The van der Waals surface area contributed by atoms with Crippen LogP contribution in [-0.4, -0.2) is 18.3 Å². The summed E-state index contributed by atoms with van der Waals surface area (Å²) >= 11 is 1.78. The molecule has 1 heterocycles. The molecule has 0 fully saturated rings. The topological polar surface area (TPSA) is 32.3 Å². The van der Waals surface area contributed by atoms with E-state index in [9.17, 15) is 0 Å². The summed E-state index contributed by atoms with van der Waals surface area (Å²) in [6, 6.07) is 4.67. The maximum atomic E-state index is 8.59. The van der Waals surface area contributed by atoms with Gasteiger partial charge in [-0.15, -0.1) is 11.3 Å². The molecule has 2 nitrogen and oxygen atoms in total. The summed E-state index contributed by atoms with van der Waals surface area (Å²) in [5, 5.41) is 14.1. The normalized spacial score (nSPS) is 13.1. The van der Waals surface area contributed by atoms with Crippen molar-refractivity contribution in [1.82, 2.24) is 5.32 Å². The van der Waals surface area contributed by atoms with Crippen LogP contribution in [0.15, 0.2) is 17.5 Å². The van der Waals surface area contributed by atoms with E-state index in [1.54, 1.807) is 11.3 Å². The smallest absolute Gasteiger partial charge is 0.0431 e. The Balaban J connectivity index is 2.15. The van der Waals surface area contributed by atoms with Gasteiger partial charge in [0, 0.05) is 17.5 Å². The van der Waals surface area contributed by atoms with Crippen molar-refractivity contribution in [2.75, 3.05) is 13.2 Å². The quantitative estimate of drug-likeness (QED) is 0.688. The third-order valence-corrected chi connectivity index (χ3v) is 3.06. The summed E-state index contributed by atoms with van der Waals surface area (Å²) < 4.78 is 0. The number of hydrogen-bond acceptors (Lipinski definition) is 3. The van der Waals surface area contributed by atoms with Gasteiger partial charge < -0.3 is 10.4 Å². The highest BCUT2D eigenvalue weighted by atomic mass is 32.1. The van der Waals surface area contributed by atoms with E-state index < -0.39 is 0 Å². The van der Waals surface area contributed by atoms with Gasteiger partial charge in [0.1, 0.15) is 0 Å². The van der Waals surface area contributed by atoms with E-state index >= 15 is 0 Å². The predicted molar refractivity (Wildman–Crippen MR) is 57.1 cm³/mol. The Morgan fingerprint density at radius 2 is 2.38 bits per heavy atom. The van der Waals surface area contributed by atoms with Crippen molar-refractivity contribution in [1.29, 1.82) is 0 Å². The SMILES string of the molecule is CC(NCCCCO)c1cccs1. The Morgan fingerprint density at radius 1 is 1.54 bits per heavy atom. The second-order valence-corrected chi connectivity index (χ2v) is 4.10. The standard InChI is InChI=1S/C10H17NOS/c1-9(10-5-4-8-13-10)11-6-2-3-7-12/h4-5,8-9,11-12H,2-3,6-7H2,1H3. The predicted octanol–water partition coefficient (Wildman–Crippen LogP) is 2.17. The van der Waals surface area contributed by atoms with Crippen LogP contribution in [0.1, 0.15) is 30.7 Å². The minimum absolute atomic E-state index is 0.301. The first-order valence-corrected chi connectivity index (χ1v) is 5.60. The molecule has 0 saturated heterocycles. The van der Waals surface area contributed by atoms with Crippen LogP contribution in [0.4, 0.5) is 0 Å². The molecule has 1 atom stereocenters. The number of nitrogens with one attached hydrogen (secondary N) is 1. The van der Waals surface area contributed by atoms with E-state index in [0.29, 0.717) is 12.6 Å². The molecule has 74 valence electrons. The van der Waals surface area contributed by atoms with Crippen molar-refractivity contribution in [2.24, 2.45) is 0 Å². The lowest BCUT2D eigenvalue weighted by Crippen LogP contribution is -2.19. The molecule has 0 aliphatic carbocycles. The zero-order chi connectivity index (χ0) is 9.52. The first-order chi connectivity index (χ1) is 6.34. The number of hydrogen-bond donors (Lipinski definition) is 2. The molecule has 13 heavy (non-hydrogen) atoms. The van der Waals surface area contributed by atoms with Crippen LogP contribution >= 0.6 is 11.3 Å². The number of aliphatic hydroxyl groups excluding tert-OH is 1. The first-order valence-electron chi connectivity index (χ1n) is 4.72. The molecular formula is C10H17NOS. The fourth-order valence-corrected chi connectivity index (χ4v) is 1.95. The zero-order valence-corrected chi connectivity index (χ0v) is 8.81. The molecule has 0 amide bonds. The van der Waals surface area contributed by atoms with Crippen LogP contribution in [0.3, 0.4) is 0 Å². The van der Waals surface area contributed by atoms with E-state index in [0.717, 1.165) is 19.4 Å². The Hall–Kier alpha value is -0.380. The molecule has 1 aromatic rings. The van der Waals surface area contributed by atoms with Gasteiger partial charge in [0.05, 0.1) is 0 Å². The molecule has 2 N–H and O–H groups in total. The minimum atomic E-state index is 0.301. The van der Waals surface area contributed by atoms with Crippen LogP contribution in [-0.2, 0) is 0 Å². The molecule has 1 aromatic heterocycles. The molecule has 0 aromatic carbocycles. The first kappa shape index (κ1) is 10.7. The largest absolute Gasteiger partial charge is 0.396 e. The van der Waals surface area contributed by atoms with Crippen molar-refractivity contribution in [3.05, 3.63) is 22.4 Å². The van der Waals surface area contributed by atoms with Crippen LogP contribution in [0.25, 0.3) is 0 Å². The Morgan fingerprint density at radius 3 is 3.00 bits per heavy atom. The molecule has 0 bridgehead atoms. The van der Waals surface area contributed by atoms with Crippen molar-refractivity contribution >= 4 is 11.3 Å². The lowest BCUT2D eigenvalue weighted by molar-refractivity contribution is 0.283. The van der Waals surface area contributed by atoms with Crippen LogP contribution in [0, 0.1) is 0 Å². The average molecular weight is 199 g/mol. The number of unbranched alkanes of at least 4 members (excludes halogenated alkanes) is 1. The molecular weight excluding hydrogens is 182 g/mol. The summed E-state index contributed by atoms with van der Waals surface area (Å²) in [5.41, 5.74) is 0. The number of thiophene rings is 1. The fourth-order valence-electron chi connectivity index (χ4n) is 1.19. The summed E-state index contributed by atoms with van der Waals surface area (Å²) in [6.45, 7) is 3.46. The number of aliphatic hydroxyl groups is 1. The van der Waals surface area contributed by atoms with Gasteiger partial charge in [-0.1, -0.05) is 6.07 Å². The summed E-state index contributed by atoms with van der Waals surface area (Å²) in [5.74, 6) is 0. The third kappa shape index (κ3) is 3.89. The van der Waals surface area contributed by atoms with Gasteiger partial charge in [0.25, 0.3) is 0 Å². The average Bonchev–Trinajstić information content (AvgIpc) is 2.65. The van der Waals surface area contributed by atoms with E-state index in [-0.39, 0.29) is 0 Å². The molecule has 1 rings (SSSR count). The second-order valence-electron chi connectivity index (χ2n) is 3.12. The van der Waals surface area contributed by atoms with Gasteiger partial charge in [0.15, 0.2) is 0 Å². The maximum Gasteiger partial charge on any atom is 0.0431 e. The van der Waals surface area contributed by atoms with E-state index in [2.05, 4.69) is 29.8 Å². The van der Waals surface area contributed by atoms with Crippen molar-refractivity contribution in [3.8, 4) is 0 Å². The highest BCUT2D eigenvalue weighted by molar-refractivity contribution is 7.10. The second kappa shape index (κ2) is 6.13. The summed E-state index contributed by atoms with van der Waals surface area (Å²) in [4.78, 5) is 1.38. The lowest BCUT2D eigenvalue weighted by Gasteiger charge is -2.11. The van der Waals surface area contributed by atoms with E-state index in [4.69, 9.17) is 5.11 Å². The fraction of sp³-hybridized carbons (Fsp3) is 0.600. The summed E-state index contributed by atoms with van der Waals surface area (Å²) in [7, 11) is 0. The Labute approximate surface area is 83.6 Å². The van der Waals surface area contributed by atoms with Crippen LogP contribution in [0.5, 0.6) is 0 Å². The van der Waals surface area contributed by atoms with Crippen molar-refractivity contribution in [2.45, 2.75) is 25.8 Å². The van der Waals surface area contributed by atoms with Gasteiger partial charge in [0.2, 0.25) is 0 Å². The van der Waals surface area contributed by atoms with Crippen LogP contribution < -0.4 is 5.32 Å². The molecule has 1 unspecified atom stereocenters. The van der Waals surface area contributed by atoms with Gasteiger partial charge in [-0.25, -0.2) is 0 Å². The highest BCUT2D eigenvalue weighted by Gasteiger charge is 2.03. The maximum absolute atomic E-state index is 8.59. The molecule has 3 heteroatoms.